The van der Waals surface area contributed by atoms with Crippen molar-refractivity contribution < 1.29 is 18.7 Å². The molecule has 1 saturated heterocycles. The average Bonchev–Trinajstić information content (AvgIpc) is 2.51. The molecular formula is C17H24FN3O3. The van der Waals surface area contributed by atoms with Gasteiger partial charge in [-0.1, -0.05) is 32.9 Å². The number of urea groups is 1. The highest BCUT2D eigenvalue weighted by atomic mass is 19.1. The lowest BCUT2D eigenvalue weighted by molar-refractivity contribution is -0.143. The summed E-state index contributed by atoms with van der Waals surface area (Å²) in [5, 5.41) is 2.53. The van der Waals surface area contributed by atoms with E-state index >= 15 is 0 Å². The number of nitrogens with one attached hydrogen (secondary N) is 1. The van der Waals surface area contributed by atoms with Crippen LogP contribution in [0.4, 0.5) is 9.18 Å². The summed E-state index contributed by atoms with van der Waals surface area (Å²) in [4.78, 5) is 25.7. The van der Waals surface area contributed by atoms with Crippen molar-refractivity contribution in [2.45, 2.75) is 32.9 Å². The molecule has 24 heavy (non-hydrogen) atoms. The van der Waals surface area contributed by atoms with Crippen molar-refractivity contribution in [3.05, 3.63) is 35.6 Å². The lowest BCUT2D eigenvalue weighted by atomic mass is 9.85. The summed E-state index contributed by atoms with van der Waals surface area (Å²) in [6.45, 7) is 6.63. The van der Waals surface area contributed by atoms with Gasteiger partial charge in [-0.3, -0.25) is 4.79 Å². The van der Waals surface area contributed by atoms with Crippen molar-refractivity contribution in [2.75, 3.05) is 19.7 Å². The number of hydrogen-bond donors (Lipinski definition) is 2. The van der Waals surface area contributed by atoms with Crippen LogP contribution in [-0.2, 0) is 9.53 Å². The van der Waals surface area contributed by atoms with Gasteiger partial charge in [-0.25, -0.2) is 9.18 Å². The van der Waals surface area contributed by atoms with Crippen LogP contribution < -0.4 is 11.1 Å². The quantitative estimate of drug-likeness (QED) is 0.882. The van der Waals surface area contributed by atoms with Gasteiger partial charge in [-0.05, 0) is 23.1 Å². The normalized spacial score (nSPS) is 19.7. The van der Waals surface area contributed by atoms with Gasteiger partial charge in [-0.15, -0.1) is 0 Å². The number of hydrogen-bond acceptors (Lipinski definition) is 3. The van der Waals surface area contributed by atoms with Crippen molar-refractivity contribution in [3.8, 4) is 0 Å². The van der Waals surface area contributed by atoms with Crippen LogP contribution in [0, 0.1) is 11.2 Å². The highest BCUT2D eigenvalue weighted by molar-refractivity contribution is 5.87. The maximum atomic E-state index is 13.4. The zero-order valence-electron chi connectivity index (χ0n) is 14.2. The molecular weight excluding hydrogens is 313 g/mol. The number of benzene rings is 1. The Balaban J connectivity index is 2.15. The Kier molecular flexibility index (Phi) is 5.43. The molecule has 0 aromatic heterocycles. The number of morpholine rings is 1. The second-order valence-corrected chi connectivity index (χ2v) is 7.01. The molecule has 132 valence electrons. The highest BCUT2D eigenvalue weighted by Gasteiger charge is 2.37. The van der Waals surface area contributed by atoms with Crippen molar-refractivity contribution in [3.63, 3.8) is 0 Å². The van der Waals surface area contributed by atoms with Gasteiger partial charge in [0.2, 0.25) is 5.91 Å². The van der Waals surface area contributed by atoms with Crippen molar-refractivity contribution in [1.29, 1.82) is 0 Å². The molecule has 2 unspecified atom stereocenters. The molecule has 2 atom stereocenters. The number of carbonyl (C=O) groups is 2. The topological polar surface area (TPSA) is 84.7 Å². The Morgan fingerprint density at radius 2 is 2.12 bits per heavy atom. The van der Waals surface area contributed by atoms with E-state index in [1.807, 2.05) is 20.8 Å². The van der Waals surface area contributed by atoms with Crippen LogP contribution in [0.15, 0.2) is 24.3 Å². The van der Waals surface area contributed by atoms with E-state index in [-0.39, 0.29) is 11.7 Å². The van der Waals surface area contributed by atoms with E-state index in [0.717, 1.165) is 0 Å². The van der Waals surface area contributed by atoms with E-state index < -0.39 is 23.6 Å². The number of halogens is 1. The third-order valence-corrected chi connectivity index (χ3v) is 4.00. The second-order valence-electron chi connectivity index (χ2n) is 7.01. The molecule has 1 aliphatic rings. The standard InChI is InChI=1S/C17H24FN3O3/c1-17(2,3)14(20-16(19)23)15(22)21-7-8-24-13(10-21)11-5-4-6-12(18)9-11/h4-6,9,13-14H,7-8,10H2,1-3H3,(H3,19,20,23). The SMILES string of the molecule is CC(C)(C)C(NC(N)=O)C(=O)N1CCOC(c2cccc(F)c2)C1. The van der Waals surface area contributed by atoms with Gasteiger partial charge < -0.3 is 20.7 Å². The first-order valence-electron chi connectivity index (χ1n) is 7.90. The predicted octanol–water partition coefficient (Wildman–Crippen LogP) is 1.81. The monoisotopic (exact) mass is 337 g/mol. The van der Waals surface area contributed by atoms with Gasteiger partial charge in [-0.2, -0.15) is 0 Å². The molecule has 6 nitrogen and oxygen atoms in total. The summed E-state index contributed by atoms with van der Waals surface area (Å²) in [7, 11) is 0. The lowest BCUT2D eigenvalue weighted by Crippen LogP contribution is -2.57. The molecule has 0 radical (unpaired) electrons. The van der Waals surface area contributed by atoms with Crippen LogP contribution >= 0.6 is 0 Å². The van der Waals surface area contributed by atoms with E-state index in [4.69, 9.17) is 10.5 Å². The zero-order valence-corrected chi connectivity index (χ0v) is 14.2. The number of nitrogens with zero attached hydrogens (tertiary/aromatic N) is 1. The van der Waals surface area contributed by atoms with E-state index in [1.54, 1.807) is 17.0 Å². The van der Waals surface area contributed by atoms with E-state index in [2.05, 4.69) is 5.32 Å². The molecule has 3 amide bonds. The third-order valence-electron chi connectivity index (χ3n) is 4.00. The molecule has 2 rings (SSSR count). The van der Waals surface area contributed by atoms with Crippen LogP contribution in [0.2, 0.25) is 0 Å². The minimum absolute atomic E-state index is 0.217. The molecule has 1 fully saturated rings. The first-order valence-corrected chi connectivity index (χ1v) is 7.90. The van der Waals surface area contributed by atoms with E-state index in [0.29, 0.717) is 25.3 Å². The molecule has 0 aliphatic carbocycles. The Morgan fingerprint density at radius 3 is 2.71 bits per heavy atom. The third kappa shape index (κ3) is 4.44. The first kappa shape index (κ1) is 18.2. The zero-order chi connectivity index (χ0) is 17.9. The fourth-order valence-electron chi connectivity index (χ4n) is 2.73. The van der Waals surface area contributed by atoms with Crippen LogP contribution in [-0.4, -0.2) is 42.6 Å². The summed E-state index contributed by atoms with van der Waals surface area (Å²) in [6.07, 6.45) is -0.396. The summed E-state index contributed by atoms with van der Waals surface area (Å²) in [5.74, 6) is -0.562. The highest BCUT2D eigenvalue weighted by Crippen LogP contribution is 2.26. The summed E-state index contributed by atoms with van der Waals surface area (Å²) in [5.41, 5.74) is 5.40. The van der Waals surface area contributed by atoms with Crippen molar-refractivity contribution in [1.82, 2.24) is 10.2 Å². The van der Waals surface area contributed by atoms with Crippen LogP contribution in [0.25, 0.3) is 0 Å². The molecule has 0 bridgehead atoms. The molecule has 1 aromatic carbocycles. The molecule has 1 aromatic rings. The van der Waals surface area contributed by atoms with E-state index in [9.17, 15) is 14.0 Å². The average molecular weight is 337 g/mol. The first-order chi connectivity index (χ1) is 11.2. The smallest absolute Gasteiger partial charge is 0.312 e. The molecule has 7 heteroatoms. The molecule has 0 spiro atoms. The van der Waals surface area contributed by atoms with Gasteiger partial charge in [0.05, 0.1) is 13.2 Å². The van der Waals surface area contributed by atoms with Gasteiger partial charge in [0.15, 0.2) is 0 Å². The summed E-state index contributed by atoms with van der Waals surface area (Å²) in [6, 6.07) is 4.68. The Morgan fingerprint density at radius 1 is 1.42 bits per heavy atom. The van der Waals surface area contributed by atoms with Crippen LogP contribution in [0.3, 0.4) is 0 Å². The van der Waals surface area contributed by atoms with Gasteiger partial charge in [0.25, 0.3) is 0 Å². The van der Waals surface area contributed by atoms with Crippen LogP contribution in [0.5, 0.6) is 0 Å². The molecule has 0 saturated carbocycles. The fraction of sp³-hybridized carbons (Fsp3) is 0.529. The second kappa shape index (κ2) is 7.17. The predicted molar refractivity (Wildman–Crippen MR) is 87.6 cm³/mol. The molecule has 1 aliphatic heterocycles. The summed E-state index contributed by atoms with van der Waals surface area (Å²) >= 11 is 0. The number of nitrogens with two attached hydrogens (primary N) is 1. The largest absolute Gasteiger partial charge is 0.370 e. The Bertz CT molecular complexity index is 615. The maximum Gasteiger partial charge on any atom is 0.312 e. The summed E-state index contributed by atoms with van der Waals surface area (Å²) < 4.78 is 19.1. The lowest BCUT2D eigenvalue weighted by Gasteiger charge is -2.38. The molecule has 3 N–H and O–H groups in total. The number of rotatable bonds is 3. The van der Waals surface area contributed by atoms with Gasteiger partial charge in [0, 0.05) is 6.54 Å². The van der Waals surface area contributed by atoms with Gasteiger partial charge in [0.1, 0.15) is 18.0 Å². The minimum atomic E-state index is -0.738. The number of carbonyl (C=O) groups excluding carboxylic acids is 2. The van der Waals surface area contributed by atoms with Gasteiger partial charge >= 0.3 is 6.03 Å². The number of amides is 3. The minimum Gasteiger partial charge on any atom is -0.370 e. The number of ether oxygens (including phenoxy) is 1. The Labute approximate surface area is 141 Å². The van der Waals surface area contributed by atoms with Crippen LogP contribution in [0.1, 0.15) is 32.4 Å². The number of primary amides is 1. The Hall–Kier alpha value is -2.15. The van der Waals surface area contributed by atoms with E-state index in [1.165, 1.54) is 12.1 Å². The van der Waals surface area contributed by atoms with Crippen molar-refractivity contribution in [2.24, 2.45) is 11.1 Å². The van der Waals surface area contributed by atoms with Crippen molar-refractivity contribution >= 4 is 11.9 Å². The maximum absolute atomic E-state index is 13.4. The molecule has 1 heterocycles. The fourth-order valence-corrected chi connectivity index (χ4v) is 2.73.